The largest absolute Gasteiger partial charge is 0.489 e. The molecule has 5 nitrogen and oxygen atoms in total. The zero-order valence-corrected chi connectivity index (χ0v) is 15.3. The maximum absolute atomic E-state index is 12.2. The summed E-state index contributed by atoms with van der Waals surface area (Å²) in [6.07, 6.45) is 0.471. The minimum Gasteiger partial charge on any atom is -0.489 e. The zero-order chi connectivity index (χ0) is 18.2. The van der Waals surface area contributed by atoms with Crippen molar-refractivity contribution in [2.45, 2.75) is 25.6 Å². The van der Waals surface area contributed by atoms with E-state index in [4.69, 9.17) is 4.74 Å². The lowest BCUT2D eigenvalue weighted by Gasteiger charge is -2.15. The summed E-state index contributed by atoms with van der Waals surface area (Å²) in [7, 11) is 0. The van der Waals surface area contributed by atoms with Crippen LogP contribution in [0.2, 0.25) is 0 Å². The summed E-state index contributed by atoms with van der Waals surface area (Å²) in [5.74, 6) is 1.97. The van der Waals surface area contributed by atoms with Gasteiger partial charge < -0.3 is 15.4 Å². The Kier molecular flexibility index (Phi) is 6.55. The molecule has 2 aromatic rings. The molecule has 0 radical (unpaired) electrons. The Morgan fingerprint density at radius 3 is 2.65 bits per heavy atom. The average Bonchev–Trinajstić information content (AvgIpc) is 2.90. The normalized spacial score (nSPS) is 17.1. The van der Waals surface area contributed by atoms with E-state index < -0.39 is 6.04 Å². The van der Waals surface area contributed by atoms with E-state index in [1.54, 1.807) is 11.8 Å². The first-order chi connectivity index (χ1) is 12.7. The first kappa shape index (κ1) is 18.3. The van der Waals surface area contributed by atoms with E-state index in [2.05, 4.69) is 10.6 Å². The van der Waals surface area contributed by atoms with E-state index in [0.29, 0.717) is 25.3 Å². The van der Waals surface area contributed by atoms with Crippen molar-refractivity contribution in [1.29, 1.82) is 0 Å². The molecule has 136 valence electrons. The number of carbonyl (C=O) groups excluding carboxylic acids is 2. The summed E-state index contributed by atoms with van der Waals surface area (Å²) in [5, 5.41) is 5.65. The van der Waals surface area contributed by atoms with Gasteiger partial charge in [0, 0.05) is 24.5 Å². The van der Waals surface area contributed by atoms with Crippen LogP contribution in [-0.2, 0) is 22.7 Å². The highest BCUT2D eigenvalue weighted by atomic mass is 32.2. The molecule has 0 saturated carbocycles. The standard InChI is InChI=1S/C20H22N2O3S/c23-19-10-11-26-14-18(22-19)20(24)21-12-15-6-8-17(9-7-15)25-13-16-4-2-1-3-5-16/h1-9,18H,10-14H2,(H,21,24)(H,22,23). The van der Waals surface area contributed by atoms with Crippen LogP contribution in [-0.4, -0.2) is 29.4 Å². The van der Waals surface area contributed by atoms with Gasteiger partial charge in [0.05, 0.1) is 0 Å². The number of nitrogens with one attached hydrogen (secondary N) is 2. The highest BCUT2D eigenvalue weighted by molar-refractivity contribution is 7.99. The van der Waals surface area contributed by atoms with Gasteiger partial charge in [-0.05, 0) is 23.3 Å². The number of carbonyl (C=O) groups is 2. The number of amides is 2. The molecule has 2 N–H and O–H groups in total. The first-order valence-corrected chi connectivity index (χ1v) is 9.76. The fourth-order valence-corrected chi connectivity index (χ4v) is 3.54. The molecule has 2 amide bonds. The van der Waals surface area contributed by atoms with Gasteiger partial charge in [-0.25, -0.2) is 0 Å². The molecule has 0 aromatic heterocycles. The van der Waals surface area contributed by atoms with Crippen molar-refractivity contribution >= 4 is 23.6 Å². The number of benzene rings is 2. The molecular formula is C20H22N2O3S. The molecule has 1 fully saturated rings. The van der Waals surface area contributed by atoms with Crippen LogP contribution in [0.25, 0.3) is 0 Å². The van der Waals surface area contributed by atoms with Gasteiger partial charge in [-0.15, -0.1) is 0 Å². The van der Waals surface area contributed by atoms with Crippen LogP contribution in [0, 0.1) is 0 Å². The molecule has 0 spiro atoms. The van der Waals surface area contributed by atoms with Gasteiger partial charge in [-0.2, -0.15) is 11.8 Å². The number of ether oxygens (including phenoxy) is 1. The molecule has 1 saturated heterocycles. The molecular weight excluding hydrogens is 348 g/mol. The second kappa shape index (κ2) is 9.29. The van der Waals surface area contributed by atoms with Crippen LogP contribution in [0.15, 0.2) is 54.6 Å². The SMILES string of the molecule is O=C1CCSCC(C(=O)NCc2ccc(OCc3ccccc3)cc2)N1. The third-order valence-electron chi connectivity index (χ3n) is 4.05. The molecule has 0 bridgehead atoms. The third kappa shape index (κ3) is 5.52. The van der Waals surface area contributed by atoms with Crippen LogP contribution >= 0.6 is 11.8 Å². The van der Waals surface area contributed by atoms with Gasteiger partial charge in [0.15, 0.2) is 0 Å². The number of thioether (sulfide) groups is 1. The zero-order valence-electron chi connectivity index (χ0n) is 14.4. The summed E-state index contributed by atoms with van der Waals surface area (Å²) in [4.78, 5) is 23.8. The van der Waals surface area contributed by atoms with Crippen LogP contribution in [0.1, 0.15) is 17.5 Å². The average molecular weight is 370 g/mol. The number of rotatable bonds is 6. The Labute approximate surface area is 157 Å². The first-order valence-electron chi connectivity index (χ1n) is 8.61. The molecule has 26 heavy (non-hydrogen) atoms. The quantitative estimate of drug-likeness (QED) is 0.820. The van der Waals surface area contributed by atoms with Gasteiger partial charge in [-0.1, -0.05) is 42.5 Å². The molecule has 1 aliphatic rings. The van der Waals surface area contributed by atoms with Gasteiger partial charge >= 0.3 is 0 Å². The topological polar surface area (TPSA) is 67.4 Å². The van der Waals surface area contributed by atoms with E-state index in [9.17, 15) is 9.59 Å². The van der Waals surface area contributed by atoms with E-state index >= 15 is 0 Å². The van der Waals surface area contributed by atoms with Crippen molar-refractivity contribution in [3.63, 3.8) is 0 Å². The Morgan fingerprint density at radius 2 is 1.88 bits per heavy atom. The summed E-state index contributed by atoms with van der Waals surface area (Å²) in [6, 6.07) is 17.2. The van der Waals surface area contributed by atoms with Crippen LogP contribution < -0.4 is 15.4 Å². The maximum atomic E-state index is 12.2. The molecule has 1 atom stereocenters. The molecule has 3 rings (SSSR count). The van der Waals surface area contributed by atoms with Crippen molar-refractivity contribution in [3.8, 4) is 5.75 Å². The Balaban J connectivity index is 1.46. The third-order valence-corrected chi connectivity index (χ3v) is 5.11. The van der Waals surface area contributed by atoms with Crippen LogP contribution in [0.5, 0.6) is 5.75 Å². The van der Waals surface area contributed by atoms with Crippen molar-refractivity contribution < 1.29 is 14.3 Å². The Morgan fingerprint density at radius 1 is 1.12 bits per heavy atom. The van der Waals surface area contributed by atoms with Crippen molar-refractivity contribution in [2.75, 3.05) is 11.5 Å². The van der Waals surface area contributed by atoms with Crippen molar-refractivity contribution in [3.05, 3.63) is 65.7 Å². The second-order valence-corrected chi connectivity index (χ2v) is 7.23. The smallest absolute Gasteiger partial charge is 0.243 e. The summed E-state index contributed by atoms with van der Waals surface area (Å²) < 4.78 is 5.76. The van der Waals surface area contributed by atoms with E-state index in [1.807, 2.05) is 54.6 Å². The lowest BCUT2D eigenvalue weighted by Crippen LogP contribution is -2.47. The minimum atomic E-state index is -0.455. The van der Waals surface area contributed by atoms with E-state index in [0.717, 1.165) is 22.6 Å². The fraction of sp³-hybridized carbons (Fsp3) is 0.300. The van der Waals surface area contributed by atoms with Crippen LogP contribution in [0.3, 0.4) is 0 Å². The predicted molar refractivity (Wildman–Crippen MR) is 103 cm³/mol. The fourth-order valence-electron chi connectivity index (χ4n) is 2.57. The molecule has 0 aliphatic carbocycles. The lowest BCUT2D eigenvalue weighted by atomic mass is 10.2. The number of hydrogen-bond donors (Lipinski definition) is 2. The van der Waals surface area contributed by atoms with Gasteiger partial charge in [-0.3, -0.25) is 9.59 Å². The highest BCUT2D eigenvalue weighted by Gasteiger charge is 2.23. The molecule has 6 heteroatoms. The Bertz CT molecular complexity index is 734. The summed E-state index contributed by atoms with van der Waals surface area (Å²) in [6.45, 7) is 0.949. The van der Waals surface area contributed by atoms with Gasteiger partial charge in [0.1, 0.15) is 18.4 Å². The summed E-state index contributed by atoms with van der Waals surface area (Å²) in [5.41, 5.74) is 2.10. The highest BCUT2D eigenvalue weighted by Crippen LogP contribution is 2.15. The molecule has 1 unspecified atom stereocenters. The maximum Gasteiger partial charge on any atom is 0.243 e. The molecule has 2 aromatic carbocycles. The summed E-state index contributed by atoms with van der Waals surface area (Å²) >= 11 is 1.62. The van der Waals surface area contributed by atoms with Crippen LogP contribution in [0.4, 0.5) is 0 Å². The lowest BCUT2D eigenvalue weighted by molar-refractivity contribution is -0.128. The Hall–Kier alpha value is -2.47. The van der Waals surface area contributed by atoms with Gasteiger partial charge in [0.25, 0.3) is 0 Å². The monoisotopic (exact) mass is 370 g/mol. The van der Waals surface area contributed by atoms with Crippen molar-refractivity contribution in [1.82, 2.24) is 10.6 Å². The molecule has 1 heterocycles. The van der Waals surface area contributed by atoms with E-state index in [-0.39, 0.29) is 11.8 Å². The predicted octanol–water partition coefficient (Wildman–Crippen LogP) is 2.50. The second-order valence-electron chi connectivity index (χ2n) is 6.08. The number of hydrogen-bond acceptors (Lipinski definition) is 4. The van der Waals surface area contributed by atoms with Gasteiger partial charge in [0.2, 0.25) is 11.8 Å². The van der Waals surface area contributed by atoms with Crippen molar-refractivity contribution in [2.24, 2.45) is 0 Å². The minimum absolute atomic E-state index is 0.0601. The molecule has 1 aliphatic heterocycles. The van der Waals surface area contributed by atoms with E-state index in [1.165, 1.54) is 0 Å².